The second-order valence-electron chi connectivity index (χ2n) is 2.15. The molecule has 0 radical (unpaired) electrons. The van der Waals surface area contributed by atoms with Gasteiger partial charge in [0.05, 0.1) is 12.0 Å². The molecule has 0 amide bonds. The Kier molecular flexibility index (Phi) is 4.28. The lowest BCUT2D eigenvalue weighted by Gasteiger charge is -2.01. The Bertz CT molecular complexity index is 358. The van der Waals surface area contributed by atoms with Crippen molar-refractivity contribution in [2.75, 3.05) is 7.11 Å². The van der Waals surface area contributed by atoms with Crippen LogP contribution in [0.15, 0.2) is 29.2 Å². The van der Waals surface area contributed by atoms with E-state index in [1.54, 1.807) is 12.1 Å². The average molecular weight is 221 g/mol. The lowest BCUT2D eigenvalue weighted by atomic mass is 10.3. The Hall–Kier alpha value is -0.690. The van der Waals surface area contributed by atoms with Gasteiger partial charge in [0, 0.05) is 11.2 Å². The van der Waals surface area contributed by atoms with E-state index in [-0.39, 0.29) is 11.0 Å². The van der Waals surface area contributed by atoms with Gasteiger partial charge < -0.3 is 15.4 Å². The predicted octanol–water partition coefficient (Wildman–Crippen LogP) is 1.44. The van der Waals surface area contributed by atoms with Crippen molar-refractivity contribution in [2.45, 2.75) is 4.90 Å². The molecule has 0 fully saturated rings. The highest BCUT2D eigenvalue weighted by Gasteiger charge is 2.03. The van der Waals surface area contributed by atoms with E-state index in [9.17, 15) is 4.21 Å². The Labute approximate surface area is 82.0 Å². The first-order valence-electron chi connectivity index (χ1n) is 3.15. The molecule has 0 saturated carbocycles. The van der Waals surface area contributed by atoms with Crippen molar-refractivity contribution in [3.8, 4) is 5.75 Å². The van der Waals surface area contributed by atoms with Crippen molar-refractivity contribution in [1.82, 2.24) is 6.15 Å². The third-order valence-corrected chi connectivity index (χ3v) is 2.80. The van der Waals surface area contributed by atoms with Gasteiger partial charge in [-0.3, -0.25) is 0 Å². The molecule has 0 aliphatic heterocycles. The Balaban J connectivity index is 0.00000144. The maximum Gasteiger partial charge on any atom is 0.171 e. The first-order valence-corrected chi connectivity index (χ1v) is 5.59. The summed E-state index contributed by atoms with van der Waals surface area (Å²) in [7, 11) is -1.72. The number of ether oxygens (including phenoxy) is 1. The molecule has 0 aliphatic carbocycles. The van der Waals surface area contributed by atoms with Crippen LogP contribution in [0.3, 0.4) is 0 Å². The topological polar surface area (TPSA) is 81.5 Å². The van der Waals surface area contributed by atoms with Crippen molar-refractivity contribution in [3.05, 3.63) is 24.3 Å². The molecule has 74 valence electrons. The second kappa shape index (κ2) is 4.52. The Morgan fingerprint density at radius 3 is 2.15 bits per heavy atom. The fourth-order valence-electron chi connectivity index (χ4n) is 0.748. The third-order valence-electron chi connectivity index (χ3n) is 1.36. The van der Waals surface area contributed by atoms with Gasteiger partial charge in [-0.2, -0.15) is 0 Å². The smallest absolute Gasteiger partial charge is 0.171 e. The van der Waals surface area contributed by atoms with Crippen LogP contribution in [0.1, 0.15) is 0 Å². The summed E-state index contributed by atoms with van der Waals surface area (Å²) < 4.78 is 24.7. The van der Waals surface area contributed by atoms with Crippen LogP contribution in [-0.4, -0.2) is 15.9 Å². The van der Waals surface area contributed by atoms with E-state index in [0.717, 1.165) is 0 Å². The van der Waals surface area contributed by atoms with Gasteiger partial charge in [0.25, 0.3) is 0 Å². The van der Waals surface area contributed by atoms with E-state index in [2.05, 4.69) is 11.2 Å². The molecule has 4 N–H and O–H groups in total. The lowest BCUT2D eigenvalue weighted by molar-refractivity contribution is 0.414. The van der Waals surface area contributed by atoms with Crippen LogP contribution >= 0.6 is 0 Å². The Morgan fingerprint density at radius 1 is 1.38 bits per heavy atom. The van der Waals surface area contributed by atoms with Gasteiger partial charge in [-0.25, -0.2) is 4.21 Å². The van der Waals surface area contributed by atoms with Gasteiger partial charge in [0.15, 0.2) is 8.77 Å². The molecule has 13 heavy (non-hydrogen) atoms. The molecule has 0 saturated heterocycles. The molecule has 1 aromatic rings. The number of benzene rings is 1. The highest BCUT2D eigenvalue weighted by atomic mass is 32.8. The molecule has 0 bridgehead atoms. The lowest BCUT2D eigenvalue weighted by Crippen LogP contribution is -1.95. The van der Waals surface area contributed by atoms with E-state index < -0.39 is 8.77 Å². The van der Waals surface area contributed by atoms with Crippen molar-refractivity contribution in [3.63, 3.8) is 0 Å². The molecule has 0 spiro atoms. The largest absolute Gasteiger partial charge is 0.497 e. The summed E-state index contributed by atoms with van der Waals surface area (Å²) >= 11 is 4.37. The zero-order valence-corrected chi connectivity index (χ0v) is 8.73. The van der Waals surface area contributed by atoms with Crippen LogP contribution in [0, 0.1) is 0 Å². The molecule has 6 heteroatoms. The quantitative estimate of drug-likeness (QED) is 0.789. The summed E-state index contributed by atoms with van der Waals surface area (Å²) in [6, 6.07) is 6.15. The van der Waals surface area contributed by atoms with Gasteiger partial charge >= 0.3 is 0 Å². The standard InChI is InChI=1S/C7H8O3S2.H3N/c1-10-6-2-4-7(5-3-6)12(8,9)11;/h2-5H,1H3,(H,8,9,11);1H3. The van der Waals surface area contributed by atoms with Gasteiger partial charge in [-0.1, -0.05) is 0 Å². The zero-order chi connectivity index (χ0) is 9.19. The second-order valence-corrected chi connectivity index (χ2v) is 4.93. The molecule has 1 rings (SSSR count). The molecule has 0 aliphatic rings. The number of methoxy groups -OCH3 is 1. The summed E-state index contributed by atoms with van der Waals surface area (Å²) in [6.07, 6.45) is 0. The normalized spacial score (nSPS) is 14.0. The van der Waals surface area contributed by atoms with E-state index in [0.29, 0.717) is 5.75 Å². The number of hydrogen-bond donors (Lipinski definition) is 2. The van der Waals surface area contributed by atoms with E-state index >= 15 is 0 Å². The molecule has 1 atom stereocenters. The van der Waals surface area contributed by atoms with E-state index in [1.165, 1.54) is 19.2 Å². The van der Waals surface area contributed by atoms with Crippen molar-refractivity contribution < 1.29 is 13.5 Å². The molecule has 0 aromatic heterocycles. The summed E-state index contributed by atoms with van der Waals surface area (Å²) in [5.74, 6) is 0.636. The van der Waals surface area contributed by atoms with Crippen LogP contribution < -0.4 is 10.9 Å². The first kappa shape index (κ1) is 12.3. The van der Waals surface area contributed by atoms with E-state index in [1.807, 2.05) is 0 Å². The zero-order valence-electron chi connectivity index (χ0n) is 7.10. The first-order chi connectivity index (χ1) is 5.54. The molecular formula is C7H11NO3S2. The molecule has 0 heterocycles. The molecule has 1 unspecified atom stereocenters. The maximum absolute atomic E-state index is 10.9. The Morgan fingerprint density at radius 2 is 1.85 bits per heavy atom. The molecule has 1 aromatic carbocycles. The van der Waals surface area contributed by atoms with Crippen LogP contribution in [0.5, 0.6) is 5.75 Å². The highest BCUT2D eigenvalue weighted by Crippen LogP contribution is 2.14. The van der Waals surface area contributed by atoms with Gasteiger partial charge in [-0.05, 0) is 24.3 Å². The number of rotatable bonds is 2. The maximum atomic E-state index is 10.9. The van der Waals surface area contributed by atoms with E-state index in [4.69, 9.17) is 9.29 Å². The van der Waals surface area contributed by atoms with Gasteiger partial charge in [0.1, 0.15) is 5.75 Å². The van der Waals surface area contributed by atoms with Crippen LogP contribution in [0.4, 0.5) is 0 Å². The fraction of sp³-hybridized carbons (Fsp3) is 0.143. The van der Waals surface area contributed by atoms with Crippen LogP contribution in [0.2, 0.25) is 0 Å². The summed E-state index contributed by atoms with van der Waals surface area (Å²) in [6.45, 7) is 0. The SMILES string of the molecule is COc1ccc(S(=O)(O)=S)cc1.N. The molecular weight excluding hydrogens is 210 g/mol. The minimum atomic E-state index is -3.25. The monoisotopic (exact) mass is 221 g/mol. The summed E-state index contributed by atoms with van der Waals surface area (Å²) in [4.78, 5) is 0.235. The third kappa shape index (κ3) is 3.27. The predicted molar refractivity (Wildman–Crippen MR) is 54.4 cm³/mol. The van der Waals surface area contributed by atoms with Gasteiger partial charge in [0.2, 0.25) is 0 Å². The summed E-state index contributed by atoms with van der Waals surface area (Å²) in [5.41, 5.74) is 0. The molecule has 4 nitrogen and oxygen atoms in total. The highest BCUT2D eigenvalue weighted by molar-refractivity contribution is 8.29. The average Bonchev–Trinajstić information content (AvgIpc) is 2.03. The minimum Gasteiger partial charge on any atom is -0.497 e. The van der Waals surface area contributed by atoms with Crippen molar-refractivity contribution in [2.24, 2.45) is 0 Å². The van der Waals surface area contributed by atoms with Gasteiger partial charge in [-0.15, -0.1) is 0 Å². The van der Waals surface area contributed by atoms with Crippen LogP contribution in [0.25, 0.3) is 0 Å². The fourth-order valence-corrected chi connectivity index (χ4v) is 1.56. The summed E-state index contributed by atoms with van der Waals surface area (Å²) in [5, 5.41) is 0. The van der Waals surface area contributed by atoms with Crippen LogP contribution in [-0.2, 0) is 20.0 Å². The minimum absolute atomic E-state index is 0. The number of hydrogen-bond acceptors (Lipinski definition) is 4. The van der Waals surface area contributed by atoms with Crippen molar-refractivity contribution in [1.29, 1.82) is 0 Å². The van der Waals surface area contributed by atoms with Crippen molar-refractivity contribution >= 4 is 20.0 Å².